The van der Waals surface area contributed by atoms with E-state index in [2.05, 4.69) is 12.2 Å². The van der Waals surface area contributed by atoms with Gasteiger partial charge in [0.25, 0.3) is 0 Å². The molecule has 33 heavy (non-hydrogen) atoms. The highest BCUT2D eigenvalue weighted by Gasteiger charge is 2.23. The SMILES string of the molecule is CCCCCCCCCCCC(=O)NCCOP(=O)(O)OCC(O)COC(=O)CCCCC. The van der Waals surface area contributed by atoms with Crippen molar-refractivity contribution in [2.45, 2.75) is 110 Å². The van der Waals surface area contributed by atoms with Crippen LogP contribution in [0, 0.1) is 0 Å². The summed E-state index contributed by atoms with van der Waals surface area (Å²) in [5.74, 6) is -0.546. The molecule has 196 valence electrons. The molecule has 0 fully saturated rings. The largest absolute Gasteiger partial charge is 0.472 e. The van der Waals surface area contributed by atoms with Gasteiger partial charge in [-0.25, -0.2) is 4.57 Å². The quantitative estimate of drug-likeness (QED) is 0.106. The summed E-state index contributed by atoms with van der Waals surface area (Å²) in [6, 6.07) is 0. The van der Waals surface area contributed by atoms with Gasteiger partial charge in [0, 0.05) is 19.4 Å². The number of unbranched alkanes of at least 4 members (excludes halogenated alkanes) is 10. The molecule has 0 heterocycles. The van der Waals surface area contributed by atoms with Crippen LogP contribution < -0.4 is 5.32 Å². The standard InChI is InChI=1S/C23H46NO8P/c1-3-5-7-8-9-10-11-12-14-15-22(26)24-17-18-31-33(28,29)32-20-21(25)19-30-23(27)16-13-6-4-2/h21,25H,3-20H2,1-2H3,(H,24,26)(H,28,29). The zero-order valence-corrected chi connectivity index (χ0v) is 21.5. The van der Waals surface area contributed by atoms with E-state index >= 15 is 0 Å². The van der Waals surface area contributed by atoms with Gasteiger partial charge in [0.15, 0.2) is 0 Å². The minimum atomic E-state index is -4.37. The molecule has 0 bridgehead atoms. The molecular weight excluding hydrogens is 449 g/mol. The summed E-state index contributed by atoms with van der Waals surface area (Å²) in [5.41, 5.74) is 0. The van der Waals surface area contributed by atoms with E-state index in [1.165, 1.54) is 38.5 Å². The number of carbonyl (C=O) groups is 2. The van der Waals surface area contributed by atoms with Crippen LogP contribution >= 0.6 is 7.82 Å². The number of ether oxygens (including phenoxy) is 1. The second kappa shape index (κ2) is 21.5. The van der Waals surface area contributed by atoms with Crippen molar-refractivity contribution in [3.63, 3.8) is 0 Å². The fraction of sp³-hybridized carbons (Fsp3) is 0.913. The number of carbonyl (C=O) groups excluding carboxylic acids is 2. The summed E-state index contributed by atoms with van der Waals surface area (Å²) < 4.78 is 26.2. The number of nitrogens with one attached hydrogen (secondary N) is 1. The van der Waals surface area contributed by atoms with Crippen LogP contribution in [0.5, 0.6) is 0 Å². The summed E-state index contributed by atoms with van der Waals surface area (Å²) >= 11 is 0. The minimum absolute atomic E-state index is 0.0854. The summed E-state index contributed by atoms with van der Waals surface area (Å²) in [6.45, 7) is 3.29. The molecule has 0 aromatic rings. The zero-order valence-electron chi connectivity index (χ0n) is 20.6. The van der Waals surface area contributed by atoms with Gasteiger partial charge in [-0.2, -0.15) is 0 Å². The normalized spacial score (nSPS) is 13.9. The Morgan fingerprint density at radius 2 is 1.36 bits per heavy atom. The van der Waals surface area contributed by atoms with E-state index in [0.29, 0.717) is 6.42 Å². The van der Waals surface area contributed by atoms with Crippen molar-refractivity contribution in [1.82, 2.24) is 5.32 Å². The van der Waals surface area contributed by atoms with Crippen LogP contribution in [0.1, 0.15) is 104 Å². The van der Waals surface area contributed by atoms with Crippen molar-refractivity contribution in [3.05, 3.63) is 0 Å². The molecule has 0 saturated heterocycles. The number of hydrogen-bond acceptors (Lipinski definition) is 7. The highest BCUT2D eigenvalue weighted by Crippen LogP contribution is 2.42. The second-order valence-corrected chi connectivity index (χ2v) is 9.77. The van der Waals surface area contributed by atoms with Crippen molar-refractivity contribution < 1.29 is 37.9 Å². The highest BCUT2D eigenvalue weighted by atomic mass is 31.2. The maximum absolute atomic E-state index is 11.8. The van der Waals surface area contributed by atoms with E-state index in [0.717, 1.165) is 38.5 Å². The van der Waals surface area contributed by atoms with E-state index in [4.69, 9.17) is 13.8 Å². The fourth-order valence-electron chi connectivity index (χ4n) is 3.08. The maximum Gasteiger partial charge on any atom is 0.472 e. The number of aliphatic hydroxyl groups is 1. The first kappa shape index (κ1) is 32.0. The number of rotatable bonds is 23. The average molecular weight is 496 g/mol. The molecular formula is C23H46NO8P. The van der Waals surface area contributed by atoms with Crippen LogP contribution in [0.15, 0.2) is 0 Å². The molecule has 0 aromatic carbocycles. The fourth-order valence-corrected chi connectivity index (χ4v) is 3.84. The molecule has 1 amide bonds. The number of esters is 1. The van der Waals surface area contributed by atoms with Crippen LogP contribution in [0.4, 0.5) is 0 Å². The van der Waals surface area contributed by atoms with Crippen LogP contribution in [0.25, 0.3) is 0 Å². The molecule has 3 N–H and O–H groups in total. The third-order valence-electron chi connectivity index (χ3n) is 5.04. The van der Waals surface area contributed by atoms with Gasteiger partial charge in [-0.05, 0) is 12.8 Å². The molecule has 9 nitrogen and oxygen atoms in total. The van der Waals surface area contributed by atoms with Gasteiger partial charge in [-0.3, -0.25) is 18.6 Å². The van der Waals surface area contributed by atoms with E-state index in [1.807, 2.05) is 6.92 Å². The Labute approximate surface area is 199 Å². The predicted octanol–water partition coefficient (Wildman–Crippen LogP) is 4.64. The Morgan fingerprint density at radius 1 is 0.818 bits per heavy atom. The van der Waals surface area contributed by atoms with Crippen LogP contribution in [-0.2, 0) is 27.9 Å². The topological polar surface area (TPSA) is 131 Å². The molecule has 2 unspecified atom stereocenters. The molecule has 0 aliphatic carbocycles. The average Bonchev–Trinajstić information content (AvgIpc) is 2.78. The summed E-state index contributed by atoms with van der Waals surface area (Å²) in [4.78, 5) is 32.9. The van der Waals surface area contributed by atoms with Gasteiger partial charge >= 0.3 is 13.8 Å². The monoisotopic (exact) mass is 495 g/mol. The van der Waals surface area contributed by atoms with E-state index in [-0.39, 0.29) is 32.1 Å². The molecule has 0 saturated carbocycles. The van der Waals surface area contributed by atoms with Crippen LogP contribution in [0.2, 0.25) is 0 Å². The Bertz CT molecular complexity index is 547. The number of phosphoric ester groups is 1. The Kier molecular flexibility index (Phi) is 20.9. The van der Waals surface area contributed by atoms with Gasteiger partial charge in [0.2, 0.25) is 5.91 Å². The van der Waals surface area contributed by atoms with Gasteiger partial charge < -0.3 is 20.1 Å². The Hall–Kier alpha value is -0.990. The van der Waals surface area contributed by atoms with Crippen molar-refractivity contribution in [2.75, 3.05) is 26.4 Å². The molecule has 2 atom stereocenters. The first-order valence-corrected chi connectivity index (χ1v) is 14.0. The van der Waals surface area contributed by atoms with Crippen LogP contribution in [-0.4, -0.2) is 54.3 Å². The summed E-state index contributed by atoms with van der Waals surface area (Å²) in [7, 11) is -4.37. The van der Waals surface area contributed by atoms with E-state index < -0.39 is 26.5 Å². The lowest BCUT2D eigenvalue weighted by molar-refractivity contribution is -0.147. The lowest BCUT2D eigenvalue weighted by Gasteiger charge is -2.15. The third-order valence-corrected chi connectivity index (χ3v) is 6.02. The second-order valence-electron chi connectivity index (χ2n) is 8.32. The molecule has 0 aliphatic rings. The molecule has 0 aliphatic heterocycles. The lowest BCUT2D eigenvalue weighted by atomic mass is 10.1. The minimum Gasteiger partial charge on any atom is -0.463 e. The number of hydrogen-bond donors (Lipinski definition) is 3. The number of amides is 1. The van der Waals surface area contributed by atoms with E-state index in [9.17, 15) is 24.2 Å². The zero-order chi connectivity index (χ0) is 24.8. The predicted molar refractivity (Wildman–Crippen MR) is 128 cm³/mol. The van der Waals surface area contributed by atoms with E-state index in [1.54, 1.807) is 0 Å². The smallest absolute Gasteiger partial charge is 0.463 e. The van der Waals surface area contributed by atoms with Crippen LogP contribution in [0.3, 0.4) is 0 Å². The maximum atomic E-state index is 11.8. The van der Waals surface area contributed by atoms with Gasteiger partial charge in [-0.15, -0.1) is 0 Å². The van der Waals surface area contributed by atoms with Gasteiger partial charge in [0.1, 0.15) is 12.7 Å². The number of aliphatic hydroxyl groups excluding tert-OH is 1. The molecule has 10 heteroatoms. The Morgan fingerprint density at radius 3 is 2.00 bits per heavy atom. The van der Waals surface area contributed by atoms with Crippen molar-refractivity contribution in [1.29, 1.82) is 0 Å². The number of phosphoric acid groups is 1. The highest BCUT2D eigenvalue weighted by molar-refractivity contribution is 7.47. The summed E-state index contributed by atoms with van der Waals surface area (Å²) in [6.07, 6.45) is 12.7. The molecule has 0 radical (unpaired) electrons. The molecule has 0 rings (SSSR count). The molecule has 0 spiro atoms. The van der Waals surface area contributed by atoms with Crippen molar-refractivity contribution >= 4 is 19.7 Å². The Balaban J connectivity index is 3.68. The first-order valence-electron chi connectivity index (χ1n) is 12.5. The first-order chi connectivity index (χ1) is 15.8. The van der Waals surface area contributed by atoms with Crippen molar-refractivity contribution in [3.8, 4) is 0 Å². The van der Waals surface area contributed by atoms with Gasteiger partial charge in [0.05, 0.1) is 13.2 Å². The molecule has 0 aromatic heterocycles. The third kappa shape index (κ3) is 22.6. The lowest BCUT2D eigenvalue weighted by Crippen LogP contribution is -2.27. The van der Waals surface area contributed by atoms with Gasteiger partial charge in [-0.1, -0.05) is 78.1 Å². The summed E-state index contributed by atoms with van der Waals surface area (Å²) in [5, 5.41) is 12.4. The van der Waals surface area contributed by atoms with Crippen molar-refractivity contribution in [2.24, 2.45) is 0 Å².